The highest BCUT2D eigenvalue weighted by molar-refractivity contribution is 7.78. The van der Waals surface area contributed by atoms with E-state index in [2.05, 4.69) is 11.6 Å². The molecule has 17 heavy (non-hydrogen) atoms. The highest BCUT2D eigenvalue weighted by Gasteiger charge is 2.08. The van der Waals surface area contributed by atoms with E-state index in [1.165, 1.54) is 0 Å². The first-order chi connectivity index (χ1) is 8.17. The van der Waals surface area contributed by atoms with Crippen LogP contribution >= 0.6 is 0 Å². The molecule has 0 aromatic heterocycles. The summed E-state index contributed by atoms with van der Waals surface area (Å²) >= 11 is -1.53. The fourth-order valence-corrected chi connectivity index (χ4v) is 1.63. The van der Waals surface area contributed by atoms with E-state index in [9.17, 15) is 4.21 Å². The van der Waals surface area contributed by atoms with Crippen LogP contribution in [0.4, 0.5) is 0 Å². The maximum Gasteiger partial charge on any atom is 0.287 e. The number of rotatable bonds is 7. The van der Waals surface area contributed by atoms with E-state index in [1.807, 2.05) is 25.1 Å². The minimum absolute atomic E-state index is 0.508. The maximum absolute atomic E-state index is 11.3. The quantitative estimate of drug-likeness (QED) is 0.763. The second kappa shape index (κ2) is 7.29. The molecule has 0 heterocycles. The number of unbranched alkanes of at least 4 members (excludes halogenated alkanes) is 1. The van der Waals surface area contributed by atoms with Gasteiger partial charge in [-0.25, -0.2) is 4.72 Å². The largest absolute Gasteiger partial charge is 0.490 e. The molecule has 0 saturated carbocycles. The molecule has 0 aliphatic carbocycles. The van der Waals surface area contributed by atoms with Crippen LogP contribution in [0.3, 0.4) is 0 Å². The van der Waals surface area contributed by atoms with E-state index in [-0.39, 0.29) is 0 Å². The molecule has 1 atom stereocenters. The van der Waals surface area contributed by atoms with Gasteiger partial charge >= 0.3 is 0 Å². The average molecular weight is 257 g/mol. The van der Waals surface area contributed by atoms with Crippen molar-refractivity contribution in [2.75, 3.05) is 13.7 Å². The van der Waals surface area contributed by atoms with Crippen molar-refractivity contribution in [1.82, 2.24) is 4.72 Å². The third-order valence-electron chi connectivity index (χ3n) is 2.19. The number of hydrogen-bond acceptors (Lipinski definition) is 3. The number of benzene rings is 1. The van der Waals surface area contributed by atoms with Crippen LogP contribution in [0.15, 0.2) is 18.2 Å². The van der Waals surface area contributed by atoms with E-state index in [0.717, 1.165) is 18.4 Å². The smallest absolute Gasteiger partial charge is 0.287 e. The summed E-state index contributed by atoms with van der Waals surface area (Å²) in [7, 11) is 1.57. The summed E-state index contributed by atoms with van der Waals surface area (Å²) in [6.45, 7) is 4.69. The Labute approximate surface area is 105 Å². The van der Waals surface area contributed by atoms with Gasteiger partial charge in [0.15, 0.2) is 11.5 Å². The first-order valence-corrected chi connectivity index (χ1v) is 6.75. The third kappa shape index (κ3) is 4.75. The van der Waals surface area contributed by atoms with Crippen molar-refractivity contribution in [1.29, 1.82) is 0 Å². The zero-order valence-electron chi connectivity index (χ0n) is 10.5. The zero-order valence-corrected chi connectivity index (χ0v) is 11.3. The zero-order chi connectivity index (χ0) is 12.7. The van der Waals surface area contributed by atoms with Gasteiger partial charge in [-0.3, -0.25) is 0 Å². The van der Waals surface area contributed by atoms with Crippen molar-refractivity contribution in [2.24, 2.45) is 0 Å². The lowest BCUT2D eigenvalue weighted by molar-refractivity contribution is 0.301. The Morgan fingerprint density at radius 1 is 1.35 bits per heavy atom. The van der Waals surface area contributed by atoms with Crippen molar-refractivity contribution in [3.05, 3.63) is 23.8 Å². The summed E-state index contributed by atoms with van der Waals surface area (Å²) < 4.78 is 24.7. The highest BCUT2D eigenvalue weighted by Crippen LogP contribution is 2.28. The molecule has 0 fully saturated rings. The third-order valence-corrected chi connectivity index (χ3v) is 2.85. The van der Waals surface area contributed by atoms with Crippen LogP contribution in [0.1, 0.15) is 25.3 Å². The van der Waals surface area contributed by atoms with E-state index in [1.54, 1.807) is 7.05 Å². The Kier molecular flexibility index (Phi) is 6.00. The van der Waals surface area contributed by atoms with Crippen LogP contribution < -0.4 is 13.6 Å². The van der Waals surface area contributed by atoms with Crippen molar-refractivity contribution < 1.29 is 13.1 Å². The van der Waals surface area contributed by atoms with E-state index in [0.29, 0.717) is 18.1 Å². The van der Waals surface area contributed by atoms with Crippen LogP contribution in [0.2, 0.25) is 0 Å². The Balaban J connectivity index is 2.76. The van der Waals surface area contributed by atoms with Gasteiger partial charge < -0.3 is 8.92 Å². The molecule has 0 radical (unpaired) electrons. The Morgan fingerprint density at radius 2 is 2.12 bits per heavy atom. The number of aryl methyl sites for hydroxylation is 1. The molecule has 1 unspecified atom stereocenters. The lowest BCUT2D eigenvalue weighted by Crippen LogP contribution is -2.16. The first-order valence-electron chi connectivity index (χ1n) is 5.68. The van der Waals surface area contributed by atoms with Crippen LogP contribution in [-0.2, 0) is 11.3 Å². The summed E-state index contributed by atoms with van der Waals surface area (Å²) in [5.74, 6) is 1.14. The molecule has 0 aliphatic heterocycles. The number of nitrogens with one attached hydrogen (secondary N) is 1. The summed E-state index contributed by atoms with van der Waals surface area (Å²) in [6, 6.07) is 5.60. The fourth-order valence-electron chi connectivity index (χ4n) is 1.25. The molecule has 0 amide bonds. The second-order valence-electron chi connectivity index (χ2n) is 3.67. The van der Waals surface area contributed by atoms with Gasteiger partial charge in [0.1, 0.15) is 0 Å². The Morgan fingerprint density at radius 3 is 2.76 bits per heavy atom. The number of hydrogen-bond donors (Lipinski definition) is 1. The Bertz CT molecular complexity index is 382. The molecule has 0 spiro atoms. The lowest BCUT2D eigenvalue weighted by atomic mass is 10.2. The van der Waals surface area contributed by atoms with Gasteiger partial charge in [-0.1, -0.05) is 19.4 Å². The molecule has 1 aromatic rings. The standard InChI is InChI=1S/C12H19NO3S/c1-4-5-8-15-11-7-6-10(2)9-12(11)16-17(14)13-3/h6-7,9,13H,4-5,8H2,1-3H3. The SMILES string of the molecule is CCCCOc1ccc(C)cc1OS(=O)NC. The second-order valence-corrected chi connectivity index (χ2v) is 4.72. The predicted molar refractivity (Wildman–Crippen MR) is 69.4 cm³/mol. The average Bonchev–Trinajstić information content (AvgIpc) is 2.32. The summed E-state index contributed by atoms with van der Waals surface area (Å²) in [4.78, 5) is 0. The molecular weight excluding hydrogens is 238 g/mol. The predicted octanol–water partition coefficient (Wildman–Crippen LogP) is 2.35. The summed E-state index contributed by atoms with van der Waals surface area (Å²) in [5, 5.41) is 0. The summed E-state index contributed by atoms with van der Waals surface area (Å²) in [5.41, 5.74) is 1.04. The first kappa shape index (κ1) is 14.0. The van der Waals surface area contributed by atoms with Crippen molar-refractivity contribution in [2.45, 2.75) is 26.7 Å². The molecule has 5 heteroatoms. The van der Waals surface area contributed by atoms with Crippen LogP contribution in [0.5, 0.6) is 11.5 Å². The normalized spacial score (nSPS) is 12.2. The molecule has 0 aliphatic rings. The molecule has 1 rings (SSSR count). The van der Waals surface area contributed by atoms with Gasteiger partial charge in [0.2, 0.25) is 0 Å². The van der Waals surface area contributed by atoms with Gasteiger partial charge in [-0.2, -0.15) is 4.21 Å². The Hall–Kier alpha value is -1.07. The molecular formula is C12H19NO3S. The molecule has 4 nitrogen and oxygen atoms in total. The van der Waals surface area contributed by atoms with Gasteiger partial charge in [-0.05, 0) is 38.1 Å². The fraction of sp³-hybridized carbons (Fsp3) is 0.500. The topological polar surface area (TPSA) is 47.6 Å². The number of ether oxygens (including phenoxy) is 1. The van der Waals surface area contributed by atoms with Crippen molar-refractivity contribution in [3.63, 3.8) is 0 Å². The van der Waals surface area contributed by atoms with Gasteiger partial charge in [0.05, 0.1) is 6.61 Å². The summed E-state index contributed by atoms with van der Waals surface area (Å²) in [6.07, 6.45) is 2.06. The molecule has 0 bridgehead atoms. The van der Waals surface area contributed by atoms with E-state index >= 15 is 0 Å². The van der Waals surface area contributed by atoms with Crippen LogP contribution in [0.25, 0.3) is 0 Å². The van der Waals surface area contributed by atoms with Gasteiger partial charge in [-0.15, -0.1) is 0 Å². The van der Waals surface area contributed by atoms with E-state index < -0.39 is 11.3 Å². The maximum atomic E-state index is 11.3. The molecule has 1 N–H and O–H groups in total. The lowest BCUT2D eigenvalue weighted by Gasteiger charge is -2.11. The molecule has 96 valence electrons. The van der Waals surface area contributed by atoms with Crippen LogP contribution in [0, 0.1) is 6.92 Å². The minimum atomic E-state index is -1.53. The van der Waals surface area contributed by atoms with Crippen molar-refractivity contribution in [3.8, 4) is 11.5 Å². The van der Waals surface area contributed by atoms with E-state index in [4.69, 9.17) is 8.92 Å². The van der Waals surface area contributed by atoms with Crippen LogP contribution in [-0.4, -0.2) is 17.9 Å². The van der Waals surface area contributed by atoms with Gasteiger partial charge in [0.25, 0.3) is 11.3 Å². The minimum Gasteiger partial charge on any atom is -0.490 e. The van der Waals surface area contributed by atoms with Crippen molar-refractivity contribution >= 4 is 11.3 Å². The van der Waals surface area contributed by atoms with Gasteiger partial charge in [0, 0.05) is 0 Å². The monoisotopic (exact) mass is 257 g/mol. The highest BCUT2D eigenvalue weighted by atomic mass is 32.2. The molecule has 0 saturated heterocycles. The molecule has 1 aromatic carbocycles.